The minimum atomic E-state index is -0.753. The molecule has 0 saturated heterocycles. The van der Waals surface area contributed by atoms with Crippen molar-refractivity contribution in [1.29, 1.82) is 0 Å². The highest BCUT2D eigenvalue weighted by Gasteiger charge is 2.32. The summed E-state index contributed by atoms with van der Waals surface area (Å²) >= 11 is 0. The first-order valence-electron chi connectivity index (χ1n) is 5.82. The van der Waals surface area contributed by atoms with Crippen LogP contribution in [-0.4, -0.2) is 29.6 Å². The molecule has 92 valence electrons. The third-order valence-electron chi connectivity index (χ3n) is 3.29. The monoisotopic (exact) mass is 228 g/mol. The van der Waals surface area contributed by atoms with Crippen LogP contribution in [0.25, 0.3) is 0 Å². The summed E-state index contributed by atoms with van der Waals surface area (Å²) in [5, 5.41) is 11.7. The minimum Gasteiger partial charge on any atom is -0.481 e. The largest absolute Gasteiger partial charge is 0.481 e. The molecule has 0 bridgehead atoms. The molecular formula is C11H20N2O3. The zero-order valence-electron chi connectivity index (χ0n) is 9.61. The maximum Gasteiger partial charge on any atom is 0.306 e. The predicted molar refractivity (Wildman–Crippen MR) is 59.7 cm³/mol. The first kappa shape index (κ1) is 13.0. The van der Waals surface area contributed by atoms with E-state index in [1.807, 2.05) is 6.92 Å². The zero-order valence-corrected chi connectivity index (χ0v) is 9.61. The number of nitrogens with one attached hydrogen (secondary N) is 1. The van der Waals surface area contributed by atoms with Crippen LogP contribution in [0.1, 0.15) is 32.6 Å². The van der Waals surface area contributed by atoms with Crippen LogP contribution in [0, 0.1) is 11.8 Å². The molecule has 1 aliphatic carbocycles. The molecule has 0 heterocycles. The van der Waals surface area contributed by atoms with Gasteiger partial charge in [0.2, 0.25) is 5.91 Å². The number of carboxylic acids is 1. The number of carboxylic acid groups (broad SMARTS) is 1. The summed E-state index contributed by atoms with van der Waals surface area (Å²) in [6, 6.07) is -0.482. The van der Waals surface area contributed by atoms with Gasteiger partial charge in [0.1, 0.15) is 0 Å². The van der Waals surface area contributed by atoms with E-state index in [0.717, 1.165) is 19.3 Å². The second-order valence-electron chi connectivity index (χ2n) is 4.40. The van der Waals surface area contributed by atoms with E-state index < -0.39 is 12.0 Å². The van der Waals surface area contributed by atoms with Crippen molar-refractivity contribution in [2.45, 2.75) is 38.6 Å². The van der Waals surface area contributed by atoms with Gasteiger partial charge in [-0.15, -0.1) is 0 Å². The fourth-order valence-electron chi connectivity index (χ4n) is 2.15. The Morgan fingerprint density at radius 2 is 2.19 bits per heavy atom. The molecule has 1 amide bonds. The average Bonchev–Trinajstić information content (AvgIpc) is 2.72. The third-order valence-corrected chi connectivity index (χ3v) is 3.29. The highest BCUT2D eigenvalue weighted by Crippen LogP contribution is 2.31. The smallest absolute Gasteiger partial charge is 0.306 e. The lowest BCUT2D eigenvalue weighted by Crippen LogP contribution is -2.42. The van der Waals surface area contributed by atoms with E-state index in [1.165, 1.54) is 0 Å². The van der Waals surface area contributed by atoms with Gasteiger partial charge in [0, 0.05) is 6.54 Å². The number of rotatable bonds is 5. The van der Waals surface area contributed by atoms with Crippen LogP contribution in [0.3, 0.4) is 0 Å². The topological polar surface area (TPSA) is 92.4 Å². The molecule has 0 radical (unpaired) electrons. The molecule has 5 nitrogen and oxygen atoms in total. The van der Waals surface area contributed by atoms with Crippen molar-refractivity contribution in [3.05, 3.63) is 0 Å². The SMILES string of the molecule is CC[C@H](N)C(=O)NCC1CCCC1C(=O)O. The Bertz CT molecular complexity index is 268. The molecule has 1 aliphatic rings. The lowest BCUT2D eigenvalue weighted by molar-refractivity contribution is -0.143. The number of hydrogen-bond acceptors (Lipinski definition) is 3. The van der Waals surface area contributed by atoms with Crippen molar-refractivity contribution in [2.75, 3.05) is 6.54 Å². The third kappa shape index (κ3) is 3.20. The summed E-state index contributed by atoms with van der Waals surface area (Å²) in [5.74, 6) is -1.18. The highest BCUT2D eigenvalue weighted by molar-refractivity contribution is 5.81. The molecule has 4 N–H and O–H groups in total. The van der Waals surface area contributed by atoms with Gasteiger partial charge in [-0.1, -0.05) is 13.3 Å². The lowest BCUT2D eigenvalue weighted by atomic mass is 9.96. The zero-order chi connectivity index (χ0) is 12.1. The molecule has 1 fully saturated rings. The fourth-order valence-corrected chi connectivity index (χ4v) is 2.15. The number of carbonyl (C=O) groups is 2. The highest BCUT2D eigenvalue weighted by atomic mass is 16.4. The van der Waals surface area contributed by atoms with Crippen LogP contribution in [0.2, 0.25) is 0 Å². The van der Waals surface area contributed by atoms with E-state index >= 15 is 0 Å². The van der Waals surface area contributed by atoms with Gasteiger partial charge in [-0.25, -0.2) is 0 Å². The number of aliphatic carboxylic acids is 1. The van der Waals surface area contributed by atoms with E-state index in [4.69, 9.17) is 10.8 Å². The van der Waals surface area contributed by atoms with Crippen LogP contribution >= 0.6 is 0 Å². The second-order valence-corrected chi connectivity index (χ2v) is 4.40. The van der Waals surface area contributed by atoms with Crippen molar-refractivity contribution in [1.82, 2.24) is 5.32 Å². The molecule has 0 spiro atoms. The summed E-state index contributed by atoms with van der Waals surface area (Å²) in [4.78, 5) is 22.3. The van der Waals surface area contributed by atoms with Gasteiger partial charge in [-0.05, 0) is 25.2 Å². The van der Waals surface area contributed by atoms with Crippen molar-refractivity contribution in [2.24, 2.45) is 17.6 Å². The number of carbonyl (C=O) groups excluding carboxylic acids is 1. The summed E-state index contributed by atoms with van der Waals surface area (Å²) in [6.07, 6.45) is 3.12. The number of nitrogens with two attached hydrogens (primary N) is 1. The van der Waals surface area contributed by atoms with Gasteiger partial charge in [0.05, 0.1) is 12.0 Å². The minimum absolute atomic E-state index is 0.0607. The Morgan fingerprint density at radius 3 is 2.75 bits per heavy atom. The molecule has 0 aromatic carbocycles. The van der Waals surface area contributed by atoms with E-state index in [1.54, 1.807) is 0 Å². The molecule has 0 aliphatic heterocycles. The molecular weight excluding hydrogens is 208 g/mol. The van der Waals surface area contributed by atoms with Gasteiger partial charge in [-0.2, -0.15) is 0 Å². The van der Waals surface area contributed by atoms with Gasteiger partial charge < -0.3 is 16.2 Å². The number of amides is 1. The molecule has 2 unspecified atom stereocenters. The van der Waals surface area contributed by atoms with E-state index in [9.17, 15) is 9.59 Å². The fraction of sp³-hybridized carbons (Fsp3) is 0.818. The maximum absolute atomic E-state index is 11.4. The predicted octanol–water partition coefficient (Wildman–Crippen LogP) is 0.341. The van der Waals surface area contributed by atoms with Crippen LogP contribution < -0.4 is 11.1 Å². The van der Waals surface area contributed by atoms with Crippen LogP contribution in [0.5, 0.6) is 0 Å². The average molecular weight is 228 g/mol. The van der Waals surface area contributed by atoms with Crippen molar-refractivity contribution in [3.8, 4) is 0 Å². The Balaban J connectivity index is 2.37. The molecule has 3 atom stereocenters. The van der Waals surface area contributed by atoms with Crippen molar-refractivity contribution < 1.29 is 14.7 Å². The first-order valence-corrected chi connectivity index (χ1v) is 5.82. The summed E-state index contributed by atoms with van der Waals surface area (Å²) in [5.41, 5.74) is 5.57. The van der Waals surface area contributed by atoms with Crippen LogP contribution in [0.4, 0.5) is 0 Å². The quantitative estimate of drug-likeness (QED) is 0.632. The Kier molecular flexibility index (Phi) is 4.73. The Morgan fingerprint density at radius 1 is 1.50 bits per heavy atom. The normalized spacial score (nSPS) is 26.4. The molecule has 0 aromatic rings. The standard InChI is InChI=1S/C11H20N2O3/c1-2-9(12)10(14)13-6-7-4-3-5-8(7)11(15)16/h7-9H,2-6,12H2,1H3,(H,13,14)(H,15,16)/t7?,8?,9-/m0/s1. The van der Waals surface area contributed by atoms with Gasteiger partial charge in [-0.3, -0.25) is 9.59 Å². The summed E-state index contributed by atoms with van der Waals surface area (Å²) in [7, 11) is 0. The molecule has 5 heteroatoms. The molecule has 1 rings (SSSR count). The second kappa shape index (κ2) is 5.84. The maximum atomic E-state index is 11.4. The molecule has 16 heavy (non-hydrogen) atoms. The van der Waals surface area contributed by atoms with Crippen LogP contribution in [0.15, 0.2) is 0 Å². The van der Waals surface area contributed by atoms with Gasteiger partial charge in [0.15, 0.2) is 0 Å². The van der Waals surface area contributed by atoms with Crippen LogP contribution in [-0.2, 0) is 9.59 Å². The molecule has 0 aromatic heterocycles. The Hall–Kier alpha value is -1.10. The lowest BCUT2D eigenvalue weighted by Gasteiger charge is -2.17. The summed E-state index contributed by atoms with van der Waals surface area (Å²) < 4.78 is 0. The molecule has 1 saturated carbocycles. The van der Waals surface area contributed by atoms with E-state index in [0.29, 0.717) is 13.0 Å². The van der Waals surface area contributed by atoms with Gasteiger partial charge in [0.25, 0.3) is 0 Å². The first-order chi connectivity index (χ1) is 7.56. The van der Waals surface area contributed by atoms with Gasteiger partial charge >= 0.3 is 5.97 Å². The number of hydrogen-bond donors (Lipinski definition) is 3. The van der Waals surface area contributed by atoms with Crippen molar-refractivity contribution >= 4 is 11.9 Å². The van der Waals surface area contributed by atoms with E-state index in [2.05, 4.69) is 5.32 Å². The van der Waals surface area contributed by atoms with Crippen molar-refractivity contribution in [3.63, 3.8) is 0 Å². The Labute approximate surface area is 95.4 Å². The summed E-state index contributed by atoms with van der Waals surface area (Å²) in [6.45, 7) is 2.28. The van der Waals surface area contributed by atoms with E-state index in [-0.39, 0.29) is 17.7 Å².